The van der Waals surface area contributed by atoms with Gasteiger partial charge in [0.15, 0.2) is 4.34 Å². The van der Waals surface area contributed by atoms with Crippen LogP contribution in [0.5, 0.6) is 0 Å². The van der Waals surface area contributed by atoms with E-state index in [0.29, 0.717) is 22.6 Å². The van der Waals surface area contributed by atoms with Crippen molar-refractivity contribution in [3.05, 3.63) is 12.8 Å². The Morgan fingerprint density at radius 3 is 2.52 bits per heavy atom. The lowest BCUT2D eigenvalue weighted by molar-refractivity contribution is -0.135. The number of nitrogens with zero attached hydrogens (tertiary/aromatic N) is 4. The third-order valence-electron chi connectivity index (χ3n) is 5.65. The fourth-order valence-electron chi connectivity index (χ4n) is 4.17. The van der Waals surface area contributed by atoms with Crippen molar-refractivity contribution >= 4 is 46.1 Å². The Kier molecular flexibility index (Phi) is 8.70. The van der Waals surface area contributed by atoms with Gasteiger partial charge in [0.05, 0.1) is 12.0 Å². The highest BCUT2D eigenvalue weighted by Gasteiger charge is 2.34. The van der Waals surface area contributed by atoms with Crippen molar-refractivity contribution < 1.29 is 19.1 Å². The molecule has 2 heterocycles. The van der Waals surface area contributed by atoms with Gasteiger partial charge in [0, 0.05) is 32.1 Å². The predicted molar refractivity (Wildman–Crippen MR) is 120 cm³/mol. The zero-order chi connectivity index (χ0) is 22.2. The summed E-state index contributed by atoms with van der Waals surface area (Å²) in [6, 6.07) is 0.152. The summed E-state index contributed by atoms with van der Waals surface area (Å²) in [6.07, 6.45) is 8.13. The van der Waals surface area contributed by atoms with Crippen molar-refractivity contribution in [2.45, 2.75) is 68.3 Å². The van der Waals surface area contributed by atoms with Gasteiger partial charge in [-0.25, -0.2) is 4.79 Å². The molecule has 0 spiro atoms. The van der Waals surface area contributed by atoms with Gasteiger partial charge in [0.2, 0.25) is 11.0 Å². The summed E-state index contributed by atoms with van der Waals surface area (Å²) in [7, 11) is 0. The van der Waals surface area contributed by atoms with Crippen LogP contribution in [0.1, 0.15) is 51.9 Å². The van der Waals surface area contributed by atoms with Crippen LogP contribution in [0.3, 0.4) is 0 Å². The van der Waals surface area contributed by atoms with Crippen LogP contribution >= 0.6 is 23.1 Å². The summed E-state index contributed by atoms with van der Waals surface area (Å²) in [4.78, 5) is 40.2. The van der Waals surface area contributed by atoms with Gasteiger partial charge in [0.1, 0.15) is 0 Å². The molecule has 0 atom stereocenters. The number of likely N-dealkylation sites (tertiary alicyclic amines) is 1. The van der Waals surface area contributed by atoms with Gasteiger partial charge in [-0.05, 0) is 25.7 Å². The molecule has 3 rings (SSSR count). The van der Waals surface area contributed by atoms with E-state index in [2.05, 4.69) is 26.8 Å². The molecule has 1 aliphatic heterocycles. The van der Waals surface area contributed by atoms with Gasteiger partial charge in [-0.2, -0.15) is 0 Å². The number of piperidine rings is 1. The Hall–Kier alpha value is -2.14. The van der Waals surface area contributed by atoms with Crippen LogP contribution in [-0.2, 0) is 14.3 Å². The van der Waals surface area contributed by atoms with Crippen molar-refractivity contribution in [1.82, 2.24) is 20.0 Å². The number of nitrogens with one attached hydrogen (secondary N) is 1. The van der Waals surface area contributed by atoms with Gasteiger partial charge in [-0.15, -0.1) is 10.2 Å². The minimum Gasteiger partial charge on any atom is -0.435 e. The lowest BCUT2D eigenvalue weighted by atomic mass is 9.91. The highest BCUT2D eigenvalue weighted by atomic mass is 32.2. The Balaban J connectivity index is 1.63. The van der Waals surface area contributed by atoms with Gasteiger partial charge < -0.3 is 14.5 Å². The number of hydrogen-bond donors (Lipinski definition) is 1. The van der Waals surface area contributed by atoms with Crippen molar-refractivity contribution in [2.75, 3.05) is 24.2 Å². The normalized spacial score (nSPS) is 17.8. The molecule has 3 amide bonds. The smallest absolute Gasteiger partial charge is 0.324 e. The van der Waals surface area contributed by atoms with Crippen LogP contribution in [0, 0.1) is 0 Å². The van der Waals surface area contributed by atoms with E-state index in [4.69, 9.17) is 0 Å². The Morgan fingerprint density at radius 1 is 1.19 bits per heavy atom. The summed E-state index contributed by atoms with van der Waals surface area (Å²) in [6.45, 7) is 6.30. The number of carbonyl (C=O) groups excluding carboxylic acids is 3. The molecule has 1 aromatic heterocycles. The zero-order valence-electron chi connectivity index (χ0n) is 17.7. The first kappa shape index (κ1) is 23.5. The number of thioether (sulfide) groups is 1. The first-order valence-electron chi connectivity index (χ1n) is 10.6. The number of ether oxygens (including phenoxy) is 1. The monoisotopic (exact) mass is 467 g/mol. The van der Waals surface area contributed by atoms with Crippen molar-refractivity contribution in [3.63, 3.8) is 0 Å². The largest absolute Gasteiger partial charge is 0.435 e. The molecule has 0 unspecified atom stereocenters. The number of carbonyl (C=O) groups is 3. The second kappa shape index (κ2) is 11.5. The first-order valence-corrected chi connectivity index (χ1v) is 12.4. The molecule has 2 fully saturated rings. The lowest BCUT2D eigenvalue weighted by Gasteiger charge is -2.43. The van der Waals surface area contributed by atoms with Crippen LogP contribution in [-0.4, -0.2) is 68.8 Å². The maximum absolute atomic E-state index is 13.3. The predicted octanol–water partition coefficient (Wildman–Crippen LogP) is 3.49. The van der Waals surface area contributed by atoms with Gasteiger partial charge >= 0.3 is 12.0 Å². The maximum Gasteiger partial charge on any atom is 0.324 e. The molecule has 1 saturated heterocycles. The minimum absolute atomic E-state index is 0.0861. The van der Waals surface area contributed by atoms with Gasteiger partial charge in [0.25, 0.3) is 0 Å². The van der Waals surface area contributed by atoms with Crippen molar-refractivity contribution in [1.29, 1.82) is 0 Å². The molecule has 0 bridgehead atoms. The van der Waals surface area contributed by atoms with E-state index in [-0.39, 0.29) is 29.8 Å². The topological polar surface area (TPSA) is 105 Å². The Bertz CT molecular complexity index is 788. The Morgan fingerprint density at radius 2 is 1.87 bits per heavy atom. The molecule has 9 nitrogen and oxygen atoms in total. The van der Waals surface area contributed by atoms with Crippen molar-refractivity contribution in [2.24, 2.45) is 0 Å². The molecule has 0 aromatic carbocycles. The summed E-state index contributed by atoms with van der Waals surface area (Å²) < 4.78 is 5.26. The average molecular weight is 468 g/mol. The van der Waals surface area contributed by atoms with Gasteiger partial charge in [-0.1, -0.05) is 48.9 Å². The second-order valence-corrected chi connectivity index (χ2v) is 9.88. The van der Waals surface area contributed by atoms with E-state index in [1.807, 2.05) is 9.80 Å². The summed E-state index contributed by atoms with van der Waals surface area (Å²) in [5.41, 5.74) is 0. The third kappa shape index (κ3) is 6.67. The summed E-state index contributed by atoms with van der Waals surface area (Å²) in [5, 5.41) is 11.4. The first-order chi connectivity index (χ1) is 15.0. The standard InChI is InChI=1S/C20H29N5O4S2/c1-3-29-17(27)13-30-20-23-22-18(31-20)21-19(28)25(15-7-5-4-6-8-15)16-9-11-24(12-10-16)14(2)26/h3,15-16H,1,4-13H2,2H3,(H,21,22,28). The van der Waals surface area contributed by atoms with Crippen LogP contribution in [0.2, 0.25) is 0 Å². The SMILES string of the molecule is C=COC(=O)CSc1nnc(NC(=O)N(C2CCCCC2)C2CCN(C(C)=O)CC2)s1. The molecule has 1 aliphatic carbocycles. The maximum atomic E-state index is 13.3. The van der Waals surface area contributed by atoms with Crippen LogP contribution in [0.15, 0.2) is 17.2 Å². The highest BCUT2D eigenvalue weighted by Crippen LogP contribution is 2.30. The Labute approximate surface area is 190 Å². The fourth-order valence-corrected chi connectivity index (χ4v) is 5.69. The molecular weight excluding hydrogens is 438 g/mol. The van der Waals surface area contributed by atoms with Crippen LogP contribution < -0.4 is 5.32 Å². The number of esters is 1. The van der Waals surface area contributed by atoms with E-state index in [1.54, 1.807) is 6.92 Å². The molecule has 0 radical (unpaired) electrons. The molecule has 1 saturated carbocycles. The van der Waals surface area contributed by atoms with E-state index < -0.39 is 5.97 Å². The van der Waals surface area contributed by atoms with Gasteiger partial charge in [-0.3, -0.25) is 14.9 Å². The van der Waals surface area contributed by atoms with Crippen LogP contribution in [0.4, 0.5) is 9.93 Å². The van der Waals surface area contributed by atoms with Crippen molar-refractivity contribution in [3.8, 4) is 0 Å². The summed E-state index contributed by atoms with van der Waals surface area (Å²) >= 11 is 2.44. The quantitative estimate of drug-likeness (QED) is 0.283. The molecule has 11 heteroatoms. The molecule has 31 heavy (non-hydrogen) atoms. The minimum atomic E-state index is -0.416. The number of aromatic nitrogens is 2. The number of rotatable bonds is 7. The number of hydrogen-bond acceptors (Lipinski definition) is 8. The lowest BCUT2D eigenvalue weighted by Crippen LogP contribution is -2.54. The third-order valence-corrected chi connectivity index (χ3v) is 7.60. The van der Waals surface area contributed by atoms with E-state index >= 15 is 0 Å². The molecular formula is C20H29N5O4S2. The highest BCUT2D eigenvalue weighted by molar-refractivity contribution is 8.01. The molecule has 1 aromatic rings. The summed E-state index contributed by atoms with van der Waals surface area (Å²) in [5.74, 6) is -0.235. The molecule has 2 aliphatic rings. The second-order valence-electron chi connectivity index (χ2n) is 7.68. The number of amides is 3. The van der Waals surface area contributed by atoms with E-state index in [9.17, 15) is 14.4 Å². The fraction of sp³-hybridized carbons (Fsp3) is 0.650. The number of urea groups is 1. The number of anilines is 1. The van der Waals surface area contributed by atoms with E-state index in [1.165, 1.54) is 29.5 Å². The average Bonchev–Trinajstić information content (AvgIpc) is 3.21. The molecule has 170 valence electrons. The zero-order valence-corrected chi connectivity index (χ0v) is 19.4. The molecule has 1 N–H and O–H groups in total. The van der Waals surface area contributed by atoms with E-state index in [0.717, 1.165) is 44.8 Å². The van der Waals surface area contributed by atoms with Crippen LogP contribution in [0.25, 0.3) is 0 Å².